The van der Waals surface area contributed by atoms with Crippen LogP contribution in [-0.2, 0) is 4.43 Å². The lowest BCUT2D eigenvalue weighted by Crippen LogP contribution is -2.42. The van der Waals surface area contributed by atoms with Gasteiger partial charge in [0.25, 0.3) is 0 Å². The Bertz CT molecular complexity index is 520. The molecule has 1 aromatic carbocycles. The average molecular weight is 272 g/mol. The lowest BCUT2D eigenvalue weighted by Gasteiger charge is -2.36. The smallest absolute Gasteiger partial charge is 0.218 e. The molecule has 1 saturated heterocycles. The SMILES string of the molecule is C=C1/C(=C\c2cc(C)cc(C)c2)CC(C)O[Si]1(C)C. The Hall–Kier alpha value is -1.12. The summed E-state index contributed by atoms with van der Waals surface area (Å²) in [5, 5.41) is 1.24. The van der Waals surface area contributed by atoms with Crippen LogP contribution < -0.4 is 0 Å². The zero-order valence-corrected chi connectivity index (χ0v) is 13.7. The van der Waals surface area contributed by atoms with Gasteiger partial charge in [-0.25, -0.2) is 0 Å². The van der Waals surface area contributed by atoms with Gasteiger partial charge in [-0.15, -0.1) is 0 Å². The van der Waals surface area contributed by atoms with Crippen molar-refractivity contribution in [3.8, 4) is 0 Å². The molecule has 19 heavy (non-hydrogen) atoms. The minimum absolute atomic E-state index is 0.310. The van der Waals surface area contributed by atoms with E-state index >= 15 is 0 Å². The van der Waals surface area contributed by atoms with Crippen LogP contribution in [0.5, 0.6) is 0 Å². The third kappa shape index (κ3) is 3.25. The van der Waals surface area contributed by atoms with Crippen LogP contribution in [0.1, 0.15) is 30.0 Å². The van der Waals surface area contributed by atoms with E-state index in [0.29, 0.717) is 6.10 Å². The fraction of sp³-hybridized carbons (Fsp3) is 0.412. The van der Waals surface area contributed by atoms with Crippen molar-refractivity contribution in [2.45, 2.75) is 46.4 Å². The quantitative estimate of drug-likeness (QED) is 0.667. The lowest BCUT2D eigenvalue weighted by molar-refractivity contribution is 0.207. The van der Waals surface area contributed by atoms with Crippen LogP contribution in [0.4, 0.5) is 0 Å². The van der Waals surface area contributed by atoms with Gasteiger partial charge in [-0.3, -0.25) is 0 Å². The molecule has 0 amide bonds. The molecule has 0 radical (unpaired) electrons. The molecule has 0 aromatic heterocycles. The predicted octanol–water partition coefficient (Wildman–Crippen LogP) is 4.80. The summed E-state index contributed by atoms with van der Waals surface area (Å²) >= 11 is 0. The minimum atomic E-state index is -1.76. The fourth-order valence-corrected chi connectivity index (χ4v) is 5.05. The van der Waals surface area contributed by atoms with Gasteiger partial charge in [-0.2, -0.15) is 0 Å². The second-order valence-corrected chi connectivity index (χ2v) is 10.1. The summed E-state index contributed by atoms with van der Waals surface area (Å²) in [5.41, 5.74) is 5.29. The monoisotopic (exact) mass is 272 g/mol. The normalized spacial score (nSPS) is 24.8. The molecule has 0 saturated carbocycles. The van der Waals surface area contributed by atoms with E-state index in [1.807, 2.05) is 0 Å². The van der Waals surface area contributed by atoms with Crippen molar-refractivity contribution in [1.29, 1.82) is 0 Å². The van der Waals surface area contributed by atoms with Gasteiger partial charge in [0, 0.05) is 6.10 Å². The van der Waals surface area contributed by atoms with E-state index < -0.39 is 8.32 Å². The Morgan fingerprint density at radius 3 is 2.37 bits per heavy atom. The van der Waals surface area contributed by atoms with Crippen molar-refractivity contribution in [2.75, 3.05) is 0 Å². The second-order valence-electron chi connectivity index (χ2n) is 6.21. The van der Waals surface area contributed by atoms with E-state index in [-0.39, 0.29) is 0 Å². The molecule has 1 aliphatic rings. The lowest BCUT2D eigenvalue weighted by atomic mass is 10.0. The zero-order valence-electron chi connectivity index (χ0n) is 12.7. The highest BCUT2D eigenvalue weighted by atomic mass is 28.4. The van der Waals surface area contributed by atoms with Crippen molar-refractivity contribution >= 4 is 14.4 Å². The molecule has 102 valence electrons. The van der Waals surface area contributed by atoms with Gasteiger partial charge in [-0.1, -0.05) is 42.0 Å². The van der Waals surface area contributed by atoms with Crippen molar-refractivity contribution in [2.24, 2.45) is 0 Å². The van der Waals surface area contributed by atoms with Gasteiger partial charge in [-0.05, 0) is 56.6 Å². The summed E-state index contributed by atoms with van der Waals surface area (Å²) in [6.07, 6.45) is 3.59. The first-order chi connectivity index (χ1) is 8.78. The van der Waals surface area contributed by atoms with Crippen molar-refractivity contribution < 1.29 is 4.43 Å². The van der Waals surface area contributed by atoms with E-state index in [1.165, 1.54) is 27.5 Å². The second kappa shape index (κ2) is 5.10. The van der Waals surface area contributed by atoms with E-state index in [1.54, 1.807) is 0 Å². The molecule has 2 heteroatoms. The summed E-state index contributed by atoms with van der Waals surface area (Å²) in [6, 6.07) is 6.69. The largest absolute Gasteiger partial charge is 0.410 e. The number of aryl methyl sites for hydroxylation is 2. The van der Waals surface area contributed by atoms with Crippen LogP contribution in [-0.4, -0.2) is 14.4 Å². The maximum atomic E-state index is 6.10. The number of allylic oxidation sites excluding steroid dienone is 1. The Morgan fingerprint density at radius 1 is 1.21 bits per heavy atom. The highest BCUT2D eigenvalue weighted by Crippen LogP contribution is 2.34. The van der Waals surface area contributed by atoms with E-state index in [0.717, 1.165) is 6.42 Å². The number of rotatable bonds is 1. The third-order valence-corrected chi connectivity index (χ3v) is 6.47. The van der Waals surface area contributed by atoms with Crippen molar-refractivity contribution in [3.05, 3.63) is 52.2 Å². The van der Waals surface area contributed by atoms with Gasteiger partial charge in [0.2, 0.25) is 8.32 Å². The Morgan fingerprint density at radius 2 is 1.79 bits per heavy atom. The van der Waals surface area contributed by atoms with Crippen LogP contribution in [0.3, 0.4) is 0 Å². The van der Waals surface area contributed by atoms with Gasteiger partial charge < -0.3 is 4.43 Å². The Balaban J connectivity index is 2.38. The Kier molecular flexibility index (Phi) is 3.84. The molecular weight excluding hydrogens is 248 g/mol. The van der Waals surface area contributed by atoms with Gasteiger partial charge in [0.1, 0.15) is 0 Å². The van der Waals surface area contributed by atoms with Crippen LogP contribution >= 0.6 is 0 Å². The number of hydrogen-bond acceptors (Lipinski definition) is 1. The molecule has 1 atom stereocenters. The highest BCUT2D eigenvalue weighted by Gasteiger charge is 2.35. The van der Waals surface area contributed by atoms with Crippen molar-refractivity contribution in [3.63, 3.8) is 0 Å². The zero-order chi connectivity index (χ0) is 14.2. The van der Waals surface area contributed by atoms with E-state index in [2.05, 4.69) is 64.7 Å². The molecule has 0 spiro atoms. The number of benzene rings is 1. The predicted molar refractivity (Wildman–Crippen MR) is 85.7 cm³/mol. The first-order valence-electron chi connectivity index (χ1n) is 6.94. The molecule has 1 heterocycles. The molecule has 0 aliphatic carbocycles. The maximum Gasteiger partial charge on any atom is 0.218 e. The highest BCUT2D eigenvalue weighted by molar-refractivity contribution is 6.79. The molecular formula is C17H24OSi. The Labute approximate surface area is 118 Å². The average Bonchev–Trinajstić information content (AvgIpc) is 2.23. The first kappa shape index (κ1) is 14.3. The summed E-state index contributed by atoms with van der Waals surface area (Å²) < 4.78 is 6.10. The molecule has 2 rings (SSSR count). The van der Waals surface area contributed by atoms with Crippen LogP contribution in [0.25, 0.3) is 6.08 Å². The van der Waals surface area contributed by atoms with Gasteiger partial charge in [0.15, 0.2) is 0 Å². The molecule has 0 N–H and O–H groups in total. The summed E-state index contributed by atoms with van der Waals surface area (Å²) in [4.78, 5) is 0. The van der Waals surface area contributed by atoms with E-state index in [9.17, 15) is 0 Å². The molecule has 1 unspecified atom stereocenters. The van der Waals surface area contributed by atoms with E-state index in [4.69, 9.17) is 4.43 Å². The number of hydrogen-bond donors (Lipinski definition) is 0. The summed E-state index contributed by atoms with van der Waals surface area (Å²) in [6.45, 7) is 15.2. The molecule has 1 fully saturated rings. The van der Waals surface area contributed by atoms with Crippen LogP contribution in [0, 0.1) is 13.8 Å². The standard InChI is InChI=1S/C17H24OSi/c1-12-7-13(2)9-16(8-12)11-17-10-14(3)18-19(5,6)15(17)4/h7-9,11,14H,4,10H2,1-3,5-6H3/b17-11-. The first-order valence-corrected chi connectivity index (χ1v) is 9.85. The summed E-state index contributed by atoms with van der Waals surface area (Å²) in [5.74, 6) is 0. The minimum Gasteiger partial charge on any atom is -0.410 e. The molecule has 0 bridgehead atoms. The maximum absolute atomic E-state index is 6.10. The fourth-order valence-electron chi connectivity index (χ4n) is 2.88. The van der Waals surface area contributed by atoms with Crippen LogP contribution in [0.2, 0.25) is 13.1 Å². The molecule has 1 aromatic rings. The van der Waals surface area contributed by atoms with Gasteiger partial charge in [0.05, 0.1) is 0 Å². The van der Waals surface area contributed by atoms with Gasteiger partial charge >= 0.3 is 0 Å². The third-order valence-electron chi connectivity index (χ3n) is 3.70. The molecule has 1 aliphatic heterocycles. The van der Waals surface area contributed by atoms with Crippen molar-refractivity contribution in [1.82, 2.24) is 0 Å². The topological polar surface area (TPSA) is 9.23 Å². The van der Waals surface area contributed by atoms with Crippen LogP contribution in [0.15, 0.2) is 35.5 Å². The summed E-state index contributed by atoms with van der Waals surface area (Å²) in [7, 11) is -1.76. The molecule has 1 nitrogen and oxygen atoms in total.